The van der Waals surface area contributed by atoms with Crippen molar-refractivity contribution in [2.45, 2.75) is 70.5 Å². The highest BCUT2D eigenvalue weighted by molar-refractivity contribution is 5.18. The Hall–Kier alpha value is -1.00. The summed E-state index contributed by atoms with van der Waals surface area (Å²) >= 11 is 0. The largest absolute Gasteiger partial charge is 0.398 e. The highest BCUT2D eigenvalue weighted by atomic mass is 15.4. The number of nitrogens with one attached hydrogen (secondary N) is 1. The molecule has 0 saturated carbocycles. The van der Waals surface area contributed by atoms with Gasteiger partial charge in [0.1, 0.15) is 12.6 Å². The van der Waals surface area contributed by atoms with Crippen molar-refractivity contribution in [3.8, 4) is 0 Å². The Labute approximate surface area is 136 Å². The Morgan fingerprint density at radius 2 is 2.00 bits per heavy atom. The van der Waals surface area contributed by atoms with Gasteiger partial charge in [0.05, 0.1) is 25.0 Å². The van der Waals surface area contributed by atoms with Crippen LogP contribution in [0.1, 0.15) is 52.4 Å². The minimum absolute atomic E-state index is 0.252. The smallest absolute Gasteiger partial charge is 0.133 e. The molecule has 5 N–H and O–H groups in total. The lowest BCUT2D eigenvalue weighted by molar-refractivity contribution is -0.926. The Balaban J connectivity index is 2.17. The van der Waals surface area contributed by atoms with Crippen LogP contribution in [0.15, 0.2) is 23.5 Å². The van der Waals surface area contributed by atoms with E-state index in [0.717, 1.165) is 36.0 Å². The fourth-order valence-electron chi connectivity index (χ4n) is 3.96. The van der Waals surface area contributed by atoms with E-state index in [1.165, 1.54) is 31.5 Å². The molecule has 0 saturated heterocycles. The summed E-state index contributed by atoms with van der Waals surface area (Å²) in [7, 11) is 2.37. The van der Waals surface area contributed by atoms with Gasteiger partial charge in [0.25, 0.3) is 0 Å². The highest BCUT2D eigenvalue weighted by Gasteiger charge is 2.39. The van der Waals surface area contributed by atoms with Crippen molar-refractivity contribution >= 4 is 0 Å². The SMILES string of the molecule is CCCC[N+]1(C)CC(N)=CCC1C1=CCC(N)C(CCC)N1. The van der Waals surface area contributed by atoms with Gasteiger partial charge in [0.15, 0.2) is 0 Å². The number of nitrogens with two attached hydrogens (primary N) is 2. The zero-order chi connectivity index (χ0) is 16.2. The topological polar surface area (TPSA) is 64.1 Å². The average molecular weight is 308 g/mol. The van der Waals surface area contributed by atoms with Gasteiger partial charge in [-0.05, 0) is 19.3 Å². The van der Waals surface area contributed by atoms with Crippen molar-refractivity contribution in [2.75, 3.05) is 20.1 Å². The molecular formula is C18H35N4+. The summed E-state index contributed by atoms with van der Waals surface area (Å²) in [6, 6.07) is 1.18. The van der Waals surface area contributed by atoms with Crippen LogP contribution in [0.3, 0.4) is 0 Å². The molecule has 4 atom stereocenters. The van der Waals surface area contributed by atoms with Gasteiger partial charge in [-0.2, -0.15) is 0 Å². The maximum Gasteiger partial charge on any atom is 0.133 e. The molecular weight excluding hydrogens is 272 g/mol. The first kappa shape index (κ1) is 17.4. The minimum Gasteiger partial charge on any atom is -0.398 e. The summed E-state index contributed by atoms with van der Waals surface area (Å²) in [6.45, 7) is 6.66. The zero-order valence-electron chi connectivity index (χ0n) is 14.6. The molecule has 0 spiro atoms. The normalized spacial score (nSPS) is 35.5. The maximum atomic E-state index is 6.28. The van der Waals surface area contributed by atoms with E-state index >= 15 is 0 Å². The molecule has 2 rings (SSSR count). The Morgan fingerprint density at radius 3 is 2.68 bits per heavy atom. The second kappa shape index (κ2) is 7.51. The van der Waals surface area contributed by atoms with Gasteiger partial charge in [-0.25, -0.2) is 0 Å². The predicted octanol–water partition coefficient (Wildman–Crippen LogP) is 2.22. The Morgan fingerprint density at radius 1 is 1.23 bits per heavy atom. The Kier molecular flexibility index (Phi) is 5.93. The van der Waals surface area contributed by atoms with Crippen molar-refractivity contribution in [3.05, 3.63) is 23.5 Å². The van der Waals surface area contributed by atoms with Crippen LogP contribution in [0.2, 0.25) is 0 Å². The number of quaternary nitrogens is 1. The molecule has 2 aliphatic rings. The van der Waals surface area contributed by atoms with E-state index in [-0.39, 0.29) is 6.04 Å². The van der Waals surface area contributed by atoms with E-state index in [1.807, 2.05) is 0 Å². The van der Waals surface area contributed by atoms with E-state index in [9.17, 15) is 0 Å². The first-order valence-electron chi connectivity index (χ1n) is 9.01. The second-order valence-corrected chi connectivity index (χ2v) is 7.34. The van der Waals surface area contributed by atoms with Gasteiger partial charge in [0, 0.05) is 18.5 Å². The van der Waals surface area contributed by atoms with Crippen LogP contribution >= 0.6 is 0 Å². The van der Waals surface area contributed by atoms with Crippen LogP contribution in [0.5, 0.6) is 0 Å². The van der Waals surface area contributed by atoms with Gasteiger partial charge in [-0.3, -0.25) is 0 Å². The van der Waals surface area contributed by atoms with Crippen molar-refractivity contribution < 1.29 is 4.48 Å². The molecule has 4 heteroatoms. The second-order valence-electron chi connectivity index (χ2n) is 7.34. The molecule has 0 aromatic rings. The van der Waals surface area contributed by atoms with Crippen molar-refractivity contribution in [3.63, 3.8) is 0 Å². The molecule has 0 aliphatic carbocycles. The van der Waals surface area contributed by atoms with Crippen LogP contribution in [-0.4, -0.2) is 42.7 Å². The summed E-state index contributed by atoms with van der Waals surface area (Å²) in [5.41, 5.74) is 14.9. The van der Waals surface area contributed by atoms with E-state index in [1.54, 1.807) is 0 Å². The van der Waals surface area contributed by atoms with E-state index in [2.05, 4.69) is 38.4 Å². The lowest BCUT2D eigenvalue weighted by Gasteiger charge is -2.46. The van der Waals surface area contributed by atoms with Crippen LogP contribution in [0.25, 0.3) is 0 Å². The number of nitrogens with zero attached hydrogens (tertiary/aromatic N) is 1. The number of unbranched alkanes of at least 4 members (excludes halogenated alkanes) is 1. The zero-order valence-corrected chi connectivity index (χ0v) is 14.6. The van der Waals surface area contributed by atoms with Crippen molar-refractivity contribution in [1.82, 2.24) is 5.32 Å². The van der Waals surface area contributed by atoms with Crippen LogP contribution in [-0.2, 0) is 0 Å². The Bertz CT molecular complexity index is 429. The molecule has 0 amide bonds. The first-order valence-corrected chi connectivity index (χ1v) is 9.01. The van der Waals surface area contributed by atoms with E-state index < -0.39 is 0 Å². The monoisotopic (exact) mass is 307 g/mol. The summed E-state index contributed by atoms with van der Waals surface area (Å²) in [4.78, 5) is 0. The molecule has 0 aromatic heterocycles. The van der Waals surface area contributed by atoms with E-state index in [4.69, 9.17) is 11.5 Å². The summed E-state index contributed by atoms with van der Waals surface area (Å²) in [6.07, 6.45) is 11.4. The molecule has 4 nitrogen and oxygen atoms in total. The summed E-state index contributed by atoms with van der Waals surface area (Å²) in [5.74, 6) is 0. The van der Waals surface area contributed by atoms with Crippen LogP contribution in [0, 0.1) is 0 Å². The molecule has 22 heavy (non-hydrogen) atoms. The molecule has 2 aliphatic heterocycles. The van der Waals surface area contributed by atoms with Gasteiger partial charge >= 0.3 is 0 Å². The number of likely N-dealkylation sites (N-methyl/N-ethyl adjacent to an activating group) is 1. The number of hydrogen-bond donors (Lipinski definition) is 3. The standard InChI is InChI=1S/C18H35N4/c1-4-6-12-22(3)13-14(19)8-11-18(22)17-10-9-15(20)16(21-17)7-5-2/h8,10,15-16,18,21H,4-7,9,11-13,19-20H2,1-3H3/q+1. The van der Waals surface area contributed by atoms with Crippen LogP contribution in [0.4, 0.5) is 0 Å². The van der Waals surface area contributed by atoms with Crippen molar-refractivity contribution in [1.29, 1.82) is 0 Å². The molecule has 0 fully saturated rings. The molecule has 0 aromatic carbocycles. The predicted molar refractivity (Wildman–Crippen MR) is 94.0 cm³/mol. The summed E-state index contributed by atoms with van der Waals surface area (Å²) in [5, 5.41) is 3.77. The van der Waals surface area contributed by atoms with Gasteiger partial charge in [-0.15, -0.1) is 0 Å². The fourth-order valence-corrected chi connectivity index (χ4v) is 3.96. The average Bonchev–Trinajstić information content (AvgIpc) is 2.48. The molecule has 126 valence electrons. The quantitative estimate of drug-likeness (QED) is 0.659. The minimum atomic E-state index is 0.252. The van der Waals surface area contributed by atoms with Gasteiger partial charge in [0.2, 0.25) is 0 Å². The van der Waals surface area contributed by atoms with Gasteiger partial charge < -0.3 is 21.3 Å². The lowest BCUT2D eigenvalue weighted by atomic mass is 9.91. The van der Waals surface area contributed by atoms with Gasteiger partial charge in [-0.1, -0.05) is 38.8 Å². The van der Waals surface area contributed by atoms with Crippen molar-refractivity contribution in [2.24, 2.45) is 11.5 Å². The molecule has 4 unspecified atom stereocenters. The first-order chi connectivity index (χ1) is 10.5. The highest BCUT2D eigenvalue weighted by Crippen LogP contribution is 2.29. The molecule has 0 bridgehead atoms. The lowest BCUT2D eigenvalue weighted by Crippen LogP contribution is -2.60. The third-order valence-electron chi connectivity index (χ3n) is 5.36. The number of rotatable bonds is 6. The number of hydrogen-bond acceptors (Lipinski definition) is 3. The maximum absolute atomic E-state index is 6.28. The van der Waals surface area contributed by atoms with Crippen LogP contribution < -0.4 is 16.8 Å². The molecule has 0 radical (unpaired) electrons. The molecule has 2 heterocycles. The fraction of sp³-hybridized carbons (Fsp3) is 0.778. The third-order valence-corrected chi connectivity index (χ3v) is 5.36. The van der Waals surface area contributed by atoms with E-state index in [0.29, 0.717) is 12.1 Å². The third kappa shape index (κ3) is 3.85. The summed E-state index contributed by atoms with van der Waals surface area (Å²) < 4.78 is 1.03.